The fourth-order valence-corrected chi connectivity index (χ4v) is 2.58. The molecule has 0 aliphatic carbocycles. The minimum Gasteiger partial charge on any atom is -0.355 e. The molecular formula is C10H20N2O2S. The second kappa shape index (κ2) is 6.23. The zero-order valence-electron chi connectivity index (χ0n) is 9.41. The van der Waals surface area contributed by atoms with Crippen molar-refractivity contribution in [1.82, 2.24) is 10.6 Å². The molecule has 5 heteroatoms. The number of nitrogens with one attached hydrogen (secondary N) is 2. The van der Waals surface area contributed by atoms with Crippen molar-refractivity contribution < 1.29 is 9.00 Å². The highest BCUT2D eigenvalue weighted by atomic mass is 32.2. The van der Waals surface area contributed by atoms with E-state index in [1.807, 2.05) is 13.8 Å². The van der Waals surface area contributed by atoms with Crippen molar-refractivity contribution >= 4 is 16.7 Å². The first-order valence-corrected chi connectivity index (χ1v) is 6.89. The van der Waals surface area contributed by atoms with Crippen LogP contribution in [0, 0.1) is 11.8 Å². The molecule has 0 bridgehead atoms. The minimum absolute atomic E-state index is 0.0886. The molecule has 0 aromatic rings. The maximum atomic E-state index is 11.5. The van der Waals surface area contributed by atoms with Gasteiger partial charge < -0.3 is 10.6 Å². The molecule has 1 heterocycles. The summed E-state index contributed by atoms with van der Waals surface area (Å²) in [7, 11) is -0.996. The van der Waals surface area contributed by atoms with E-state index in [1.54, 1.807) is 0 Å². The van der Waals surface area contributed by atoms with Crippen molar-refractivity contribution in [1.29, 1.82) is 0 Å². The fraction of sp³-hybridized carbons (Fsp3) is 0.900. The Hall–Kier alpha value is -0.420. The number of rotatable bonds is 6. The van der Waals surface area contributed by atoms with Gasteiger partial charge in [0.15, 0.2) is 0 Å². The summed E-state index contributed by atoms with van der Waals surface area (Å²) in [5, 5.41) is 5.90. The quantitative estimate of drug-likeness (QED) is 0.662. The number of hydrogen-bond donors (Lipinski definition) is 2. The maximum Gasteiger partial charge on any atom is 0.232 e. The van der Waals surface area contributed by atoms with Gasteiger partial charge in [-0.05, 0) is 11.8 Å². The molecule has 0 aromatic heterocycles. The summed E-state index contributed by atoms with van der Waals surface area (Å²) in [4.78, 5) is 11.3. The molecule has 1 aliphatic rings. The Kier molecular flexibility index (Phi) is 5.25. The van der Waals surface area contributed by atoms with Crippen LogP contribution in [-0.4, -0.2) is 41.3 Å². The predicted octanol–water partition coefficient (Wildman–Crippen LogP) is -0.273. The smallest absolute Gasteiger partial charge is 0.232 e. The van der Waals surface area contributed by atoms with E-state index in [4.69, 9.17) is 0 Å². The van der Waals surface area contributed by atoms with E-state index in [9.17, 15) is 9.00 Å². The monoisotopic (exact) mass is 232 g/mol. The highest BCUT2D eigenvalue weighted by molar-refractivity contribution is 7.85. The van der Waals surface area contributed by atoms with Crippen LogP contribution in [0.4, 0.5) is 0 Å². The molecule has 0 radical (unpaired) electrons. The Morgan fingerprint density at radius 1 is 1.53 bits per heavy atom. The van der Waals surface area contributed by atoms with Crippen LogP contribution in [-0.2, 0) is 15.6 Å². The van der Waals surface area contributed by atoms with Gasteiger partial charge in [0.05, 0.1) is 0 Å². The highest BCUT2D eigenvalue weighted by Gasteiger charge is 2.20. The maximum absolute atomic E-state index is 11.5. The third kappa shape index (κ3) is 5.28. The lowest BCUT2D eigenvalue weighted by atomic mass is 10.1. The van der Waals surface area contributed by atoms with E-state index >= 15 is 0 Å². The Morgan fingerprint density at radius 3 is 2.67 bits per heavy atom. The lowest BCUT2D eigenvalue weighted by Crippen LogP contribution is -2.45. The molecule has 1 unspecified atom stereocenters. The molecule has 88 valence electrons. The molecule has 0 spiro atoms. The normalized spacial score (nSPS) is 18.6. The number of amides is 1. The summed E-state index contributed by atoms with van der Waals surface area (Å²) >= 11 is 0. The van der Waals surface area contributed by atoms with Gasteiger partial charge in [-0.1, -0.05) is 13.8 Å². The lowest BCUT2D eigenvalue weighted by Gasteiger charge is -2.26. The first-order valence-electron chi connectivity index (χ1n) is 5.40. The van der Waals surface area contributed by atoms with Crippen molar-refractivity contribution in [3.63, 3.8) is 0 Å². The standard InChI is InChI=1S/C10H20N2O2S/c1-8(2)3-12-10(13)7-15(14)6-9-4-11-5-9/h8-9,11H,3-7H2,1-2H3,(H,12,13). The molecule has 0 saturated carbocycles. The third-order valence-corrected chi connectivity index (χ3v) is 3.71. The van der Waals surface area contributed by atoms with Crippen LogP contribution < -0.4 is 10.6 Å². The fourth-order valence-electron chi connectivity index (χ4n) is 1.30. The summed E-state index contributed by atoms with van der Waals surface area (Å²) in [6.45, 7) is 6.63. The molecule has 1 saturated heterocycles. The number of carbonyl (C=O) groups is 1. The summed E-state index contributed by atoms with van der Waals surface area (Å²) in [5.41, 5.74) is 0. The largest absolute Gasteiger partial charge is 0.355 e. The second-order valence-corrected chi connectivity index (χ2v) is 5.97. The SMILES string of the molecule is CC(C)CNC(=O)CS(=O)CC1CNC1. The van der Waals surface area contributed by atoms with Crippen LogP contribution >= 0.6 is 0 Å². The number of carbonyl (C=O) groups excluding carboxylic acids is 1. The first-order chi connectivity index (χ1) is 7.08. The Labute approximate surface area is 93.7 Å². The summed E-state index contributed by atoms with van der Waals surface area (Å²) < 4.78 is 11.5. The third-order valence-electron chi connectivity index (χ3n) is 2.29. The van der Waals surface area contributed by atoms with Crippen LogP contribution in [0.15, 0.2) is 0 Å². The van der Waals surface area contributed by atoms with Crippen LogP contribution in [0.1, 0.15) is 13.8 Å². The van der Waals surface area contributed by atoms with Gasteiger partial charge in [0.1, 0.15) is 5.75 Å². The summed E-state index contributed by atoms with van der Waals surface area (Å²) in [6, 6.07) is 0. The number of hydrogen-bond acceptors (Lipinski definition) is 3. The van der Waals surface area contributed by atoms with Crippen molar-refractivity contribution in [2.24, 2.45) is 11.8 Å². The van der Waals surface area contributed by atoms with E-state index < -0.39 is 10.8 Å². The first kappa shape index (κ1) is 12.6. The van der Waals surface area contributed by atoms with Gasteiger partial charge >= 0.3 is 0 Å². The average Bonchev–Trinajstić information content (AvgIpc) is 2.08. The topological polar surface area (TPSA) is 58.2 Å². The van der Waals surface area contributed by atoms with Gasteiger partial charge in [-0.25, -0.2) is 0 Å². The second-order valence-electron chi connectivity index (χ2n) is 4.47. The molecule has 2 N–H and O–H groups in total. The Morgan fingerprint density at radius 2 is 2.20 bits per heavy atom. The van der Waals surface area contributed by atoms with E-state index in [1.165, 1.54) is 0 Å². The van der Waals surface area contributed by atoms with Crippen molar-refractivity contribution in [3.05, 3.63) is 0 Å². The molecule has 1 rings (SSSR count). The van der Waals surface area contributed by atoms with E-state index in [-0.39, 0.29) is 11.7 Å². The molecule has 15 heavy (non-hydrogen) atoms. The molecular weight excluding hydrogens is 212 g/mol. The van der Waals surface area contributed by atoms with Gasteiger partial charge in [-0.15, -0.1) is 0 Å². The molecule has 4 nitrogen and oxygen atoms in total. The lowest BCUT2D eigenvalue weighted by molar-refractivity contribution is -0.118. The average molecular weight is 232 g/mol. The van der Waals surface area contributed by atoms with Gasteiger partial charge in [0.25, 0.3) is 0 Å². The summed E-state index contributed by atoms with van der Waals surface area (Å²) in [5.74, 6) is 1.67. The Balaban J connectivity index is 2.10. The van der Waals surface area contributed by atoms with Crippen molar-refractivity contribution in [3.8, 4) is 0 Å². The van der Waals surface area contributed by atoms with Crippen LogP contribution in [0.2, 0.25) is 0 Å². The van der Waals surface area contributed by atoms with Gasteiger partial charge in [-0.2, -0.15) is 0 Å². The van der Waals surface area contributed by atoms with Crippen LogP contribution in [0.25, 0.3) is 0 Å². The molecule has 0 aromatic carbocycles. The molecule has 1 aliphatic heterocycles. The van der Waals surface area contributed by atoms with E-state index in [0.29, 0.717) is 24.1 Å². The molecule has 1 amide bonds. The minimum atomic E-state index is -0.996. The highest BCUT2D eigenvalue weighted by Crippen LogP contribution is 2.04. The van der Waals surface area contributed by atoms with Crippen LogP contribution in [0.5, 0.6) is 0 Å². The van der Waals surface area contributed by atoms with Crippen molar-refractivity contribution in [2.45, 2.75) is 13.8 Å². The van der Waals surface area contributed by atoms with E-state index in [2.05, 4.69) is 10.6 Å². The molecule has 1 atom stereocenters. The van der Waals surface area contributed by atoms with E-state index in [0.717, 1.165) is 13.1 Å². The van der Waals surface area contributed by atoms with Crippen molar-refractivity contribution in [2.75, 3.05) is 31.1 Å². The van der Waals surface area contributed by atoms with Gasteiger partial charge in [0.2, 0.25) is 5.91 Å². The van der Waals surface area contributed by atoms with Gasteiger partial charge in [0, 0.05) is 36.2 Å². The summed E-state index contributed by atoms with van der Waals surface area (Å²) in [6.07, 6.45) is 0. The van der Waals surface area contributed by atoms with Gasteiger partial charge in [-0.3, -0.25) is 9.00 Å². The predicted molar refractivity (Wildman–Crippen MR) is 62.1 cm³/mol. The van der Waals surface area contributed by atoms with Crippen LogP contribution in [0.3, 0.4) is 0 Å². The molecule has 1 fully saturated rings. The zero-order valence-corrected chi connectivity index (χ0v) is 10.2. The Bertz CT molecular complexity index is 240. The zero-order chi connectivity index (χ0) is 11.3.